The number of aliphatic carboxylic acids is 1. The van der Waals surface area contributed by atoms with E-state index >= 15 is 0 Å². The highest BCUT2D eigenvalue weighted by Gasteiger charge is 2.41. The lowest BCUT2D eigenvalue weighted by atomic mass is 9.64. The van der Waals surface area contributed by atoms with Gasteiger partial charge in [0.25, 0.3) is 0 Å². The number of carboxylic acid groups (broad SMARTS) is 1. The summed E-state index contributed by atoms with van der Waals surface area (Å²) in [6, 6.07) is 28.2. The van der Waals surface area contributed by atoms with Gasteiger partial charge in [0.2, 0.25) is 15.0 Å². The molecule has 8 nitrogen and oxygen atoms in total. The molecule has 2 atom stereocenters. The zero-order valence-corrected chi connectivity index (χ0v) is 27.2. The quantitative estimate of drug-likeness (QED) is 0.0693. The Hall–Kier alpha value is -4.36. The van der Waals surface area contributed by atoms with E-state index < -0.39 is 27.3 Å². The van der Waals surface area contributed by atoms with Crippen molar-refractivity contribution in [2.24, 2.45) is 5.73 Å². The van der Waals surface area contributed by atoms with Crippen molar-refractivity contribution in [3.8, 4) is 11.8 Å². The van der Waals surface area contributed by atoms with Gasteiger partial charge in [-0.1, -0.05) is 102 Å². The summed E-state index contributed by atoms with van der Waals surface area (Å²) in [6.07, 6.45) is 7.74. The van der Waals surface area contributed by atoms with E-state index in [1.54, 1.807) is 0 Å². The maximum absolute atomic E-state index is 12.1. The Balaban J connectivity index is 1.36. The molecule has 0 fully saturated rings. The highest BCUT2D eigenvalue weighted by atomic mass is 32.2. The van der Waals surface area contributed by atoms with Crippen LogP contribution in [0.3, 0.4) is 0 Å². The monoisotopic (exact) mass is 638 g/mol. The van der Waals surface area contributed by atoms with Crippen LogP contribution >= 0.6 is 0 Å². The minimum Gasteiger partial charge on any atom is -0.480 e. The van der Waals surface area contributed by atoms with Crippen molar-refractivity contribution in [3.05, 3.63) is 125 Å². The van der Waals surface area contributed by atoms with Gasteiger partial charge in [0.1, 0.15) is 6.04 Å². The molecule has 3 aromatic carbocycles. The first kappa shape index (κ1) is 34.5. The SMILES string of the molecule is Cc1ccc(C(c2ccccc2)(c2ccccc2)C(N)CCC[C@H](NCCCCC#Cc2cnc(S(C)(=O)=O)nc2)C(=O)O)cc1. The van der Waals surface area contributed by atoms with Gasteiger partial charge in [-0.3, -0.25) is 4.79 Å². The molecule has 0 radical (unpaired) electrons. The van der Waals surface area contributed by atoms with Crippen molar-refractivity contribution >= 4 is 15.8 Å². The number of sulfone groups is 1. The van der Waals surface area contributed by atoms with Crippen LogP contribution in [-0.2, 0) is 20.0 Å². The molecule has 9 heteroatoms. The number of aryl methyl sites for hydroxylation is 1. The molecular formula is C37H42N4O4S. The Morgan fingerprint density at radius 1 is 0.870 bits per heavy atom. The summed E-state index contributed by atoms with van der Waals surface area (Å²) in [7, 11) is -3.45. The molecule has 0 saturated carbocycles. The molecule has 0 aliphatic heterocycles. The highest BCUT2D eigenvalue weighted by Crippen LogP contribution is 2.43. The molecule has 4 N–H and O–H groups in total. The van der Waals surface area contributed by atoms with Crippen LogP contribution < -0.4 is 11.1 Å². The van der Waals surface area contributed by atoms with Crippen molar-refractivity contribution in [3.63, 3.8) is 0 Å². The smallest absolute Gasteiger partial charge is 0.320 e. The summed E-state index contributed by atoms with van der Waals surface area (Å²) in [4.78, 5) is 19.8. The Morgan fingerprint density at radius 3 is 1.98 bits per heavy atom. The Kier molecular flexibility index (Phi) is 12.2. The lowest BCUT2D eigenvalue weighted by Gasteiger charge is -2.41. The van der Waals surface area contributed by atoms with Crippen molar-refractivity contribution in [1.29, 1.82) is 0 Å². The number of carbonyl (C=O) groups is 1. The van der Waals surface area contributed by atoms with Crippen molar-refractivity contribution in [2.45, 2.75) is 68.1 Å². The molecular weight excluding hydrogens is 596 g/mol. The van der Waals surface area contributed by atoms with E-state index in [1.807, 2.05) is 36.4 Å². The van der Waals surface area contributed by atoms with Gasteiger partial charge in [-0.05, 0) is 62.3 Å². The number of nitrogens with one attached hydrogen (secondary N) is 1. The normalized spacial score (nSPS) is 12.9. The summed E-state index contributed by atoms with van der Waals surface area (Å²) >= 11 is 0. The Labute approximate surface area is 272 Å². The fourth-order valence-corrected chi connectivity index (χ4v) is 6.27. The maximum Gasteiger partial charge on any atom is 0.320 e. The summed E-state index contributed by atoms with van der Waals surface area (Å²) in [6.45, 7) is 2.63. The summed E-state index contributed by atoms with van der Waals surface area (Å²) in [5.41, 5.74) is 11.6. The number of carboxylic acids is 1. The second-order valence-corrected chi connectivity index (χ2v) is 13.5. The molecule has 1 aromatic heterocycles. The van der Waals surface area contributed by atoms with Gasteiger partial charge in [-0.15, -0.1) is 0 Å². The number of rotatable bonds is 15. The Bertz CT molecular complexity index is 1680. The second-order valence-electron chi connectivity index (χ2n) is 11.6. The van der Waals surface area contributed by atoms with Gasteiger partial charge in [0.05, 0.1) is 11.0 Å². The molecule has 4 rings (SSSR count). The predicted molar refractivity (Wildman–Crippen MR) is 181 cm³/mol. The minimum atomic E-state index is -3.45. The third-order valence-electron chi connectivity index (χ3n) is 8.14. The predicted octanol–water partition coefficient (Wildman–Crippen LogP) is 5.29. The number of nitrogens with zero attached hydrogens (tertiary/aromatic N) is 2. The lowest BCUT2D eigenvalue weighted by Crippen LogP contribution is -2.47. The summed E-state index contributed by atoms with van der Waals surface area (Å²) in [5, 5.41) is 12.9. The summed E-state index contributed by atoms with van der Waals surface area (Å²) in [5.74, 6) is 5.10. The van der Waals surface area contributed by atoms with E-state index in [2.05, 4.69) is 82.6 Å². The number of nitrogens with two attached hydrogens (primary N) is 1. The molecule has 0 spiro atoms. The molecule has 240 valence electrons. The molecule has 0 saturated heterocycles. The first-order chi connectivity index (χ1) is 22.1. The highest BCUT2D eigenvalue weighted by molar-refractivity contribution is 7.90. The molecule has 1 unspecified atom stereocenters. The van der Waals surface area contributed by atoms with E-state index in [-0.39, 0.29) is 11.2 Å². The van der Waals surface area contributed by atoms with Crippen LogP contribution in [0.15, 0.2) is 102 Å². The fourth-order valence-electron chi connectivity index (χ4n) is 5.78. The largest absolute Gasteiger partial charge is 0.480 e. The molecule has 0 aliphatic rings. The van der Waals surface area contributed by atoms with E-state index in [4.69, 9.17) is 5.73 Å². The van der Waals surface area contributed by atoms with Crippen LogP contribution in [0, 0.1) is 18.8 Å². The molecule has 0 amide bonds. The van der Waals surface area contributed by atoms with Gasteiger partial charge in [-0.2, -0.15) is 0 Å². The van der Waals surface area contributed by atoms with Gasteiger partial charge < -0.3 is 16.2 Å². The van der Waals surface area contributed by atoms with Gasteiger partial charge in [0, 0.05) is 31.1 Å². The number of unbranched alkanes of at least 4 members (excludes halogenated alkanes) is 2. The van der Waals surface area contributed by atoms with Crippen molar-refractivity contribution in [1.82, 2.24) is 15.3 Å². The minimum absolute atomic E-state index is 0.225. The topological polar surface area (TPSA) is 135 Å². The average Bonchev–Trinajstić information content (AvgIpc) is 3.05. The fraction of sp³-hybridized carbons (Fsp3) is 0.324. The van der Waals surface area contributed by atoms with E-state index in [0.29, 0.717) is 37.8 Å². The first-order valence-corrected chi connectivity index (χ1v) is 17.4. The van der Waals surface area contributed by atoms with Crippen LogP contribution in [0.25, 0.3) is 0 Å². The lowest BCUT2D eigenvalue weighted by molar-refractivity contribution is -0.139. The Morgan fingerprint density at radius 2 is 1.43 bits per heavy atom. The number of hydrogen-bond donors (Lipinski definition) is 3. The van der Waals surface area contributed by atoms with Gasteiger partial charge in [-0.25, -0.2) is 18.4 Å². The van der Waals surface area contributed by atoms with E-state index in [9.17, 15) is 18.3 Å². The standard InChI is InChI=1S/C37H42N4O4S/c1-28-21-23-32(24-22-28)37(30-15-8-5-9-16-30,31-17-10-6-11-18-31)34(38)20-13-19-33(35(42)43)39-25-12-4-3-7-14-29-26-40-36(41-27-29)46(2,44)45/h5-6,8-11,15-18,21-24,26-27,33-34,39H,3-4,12-13,19-20,25,38H2,1-2H3,(H,42,43)/t33-,34?/m0/s1. The first-order valence-electron chi connectivity index (χ1n) is 15.5. The van der Waals surface area contributed by atoms with Crippen LogP contribution in [0.1, 0.15) is 66.3 Å². The van der Waals surface area contributed by atoms with Gasteiger partial charge in [0.15, 0.2) is 0 Å². The number of aromatic nitrogens is 2. The number of hydrogen-bond acceptors (Lipinski definition) is 7. The molecule has 0 aliphatic carbocycles. The van der Waals surface area contributed by atoms with Crippen LogP contribution in [-0.4, -0.2) is 54.3 Å². The van der Waals surface area contributed by atoms with Crippen molar-refractivity contribution < 1.29 is 18.3 Å². The second kappa shape index (κ2) is 16.3. The molecule has 46 heavy (non-hydrogen) atoms. The van der Waals surface area contributed by atoms with E-state index in [0.717, 1.165) is 35.8 Å². The van der Waals surface area contributed by atoms with Crippen LogP contribution in [0.4, 0.5) is 0 Å². The number of benzene rings is 3. The van der Waals surface area contributed by atoms with Gasteiger partial charge >= 0.3 is 5.97 Å². The molecule has 4 aromatic rings. The third-order valence-corrected chi connectivity index (χ3v) is 9.01. The summed E-state index contributed by atoms with van der Waals surface area (Å²) < 4.78 is 23.0. The zero-order valence-electron chi connectivity index (χ0n) is 26.4. The van der Waals surface area contributed by atoms with Crippen LogP contribution in [0.2, 0.25) is 0 Å². The van der Waals surface area contributed by atoms with Crippen LogP contribution in [0.5, 0.6) is 0 Å². The molecule has 0 bridgehead atoms. The third kappa shape index (κ3) is 8.88. The molecule has 1 heterocycles. The zero-order chi connectivity index (χ0) is 33.0. The maximum atomic E-state index is 12.1. The average molecular weight is 639 g/mol. The van der Waals surface area contributed by atoms with E-state index in [1.165, 1.54) is 18.0 Å². The van der Waals surface area contributed by atoms with Crippen molar-refractivity contribution in [2.75, 3.05) is 12.8 Å².